The van der Waals surface area contributed by atoms with Crippen LogP contribution in [0.5, 0.6) is 0 Å². The van der Waals surface area contributed by atoms with Crippen molar-refractivity contribution in [3.05, 3.63) is 58.4 Å². The zero-order valence-corrected chi connectivity index (χ0v) is 17.1. The fourth-order valence-electron chi connectivity index (χ4n) is 4.29. The molecule has 30 heavy (non-hydrogen) atoms. The molecule has 8 nitrogen and oxygen atoms in total. The number of aromatic nitrogens is 1. The van der Waals surface area contributed by atoms with Crippen molar-refractivity contribution in [2.45, 2.75) is 25.7 Å². The van der Waals surface area contributed by atoms with Crippen LogP contribution in [0, 0.1) is 10.1 Å². The van der Waals surface area contributed by atoms with E-state index in [0.29, 0.717) is 24.3 Å². The molecular weight excluding hydrogens is 382 g/mol. The molecule has 1 amide bonds. The molecule has 2 aromatic rings. The highest BCUT2D eigenvalue weighted by Gasteiger charge is 2.26. The van der Waals surface area contributed by atoms with Gasteiger partial charge in [0.05, 0.1) is 4.92 Å². The molecule has 2 saturated heterocycles. The Labute approximate surface area is 176 Å². The summed E-state index contributed by atoms with van der Waals surface area (Å²) in [7, 11) is 0. The van der Waals surface area contributed by atoms with Crippen molar-refractivity contribution in [2.24, 2.45) is 0 Å². The van der Waals surface area contributed by atoms with Gasteiger partial charge in [0.2, 0.25) is 0 Å². The van der Waals surface area contributed by atoms with Gasteiger partial charge in [-0.05, 0) is 37.1 Å². The summed E-state index contributed by atoms with van der Waals surface area (Å²) >= 11 is 0. The monoisotopic (exact) mass is 409 g/mol. The first-order valence-corrected chi connectivity index (χ1v) is 10.6. The quantitative estimate of drug-likeness (QED) is 0.569. The molecule has 2 aliphatic rings. The predicted octanol–water partition coefficient (Wildman–Crippen LogP) is 3.33. The molecule has 3 heterocycles. The van der Waals surface area contributed by atoms with Crippen molar-refractivity contribution in [3.8, 4) is 0 Å². The average molecular weight is 409 g/mol. The summed E-state index contributed by atoms with van der Waals surface area (Å²) in [4.78, 5) is 34.5. The summed E-state index contributed by atoms with van der Waals surface area (Å²) < 4.78 is 0. The zero-order chi connectivity index (χ0) is 20.9. The minimum atomic E-state index is -0.363. The number of nitro benzene ring substituents is 1. The second kappa shape index (κ2) is 9.11. The maximum atomic E-state index is 13.0. The van der Waals surface area contributed by atoms with Crippen LogP contribution in [0.15, 0.2) is 42.7 Å². The lowest BCUT2D eigenvalue weighted by Gasteiger charge is -2.36. The molecular formula is C22H27N5O3. The standard InChI is InChI=1S/C22H27N5O3/c28-22(26-15-13-24(14-16-26)19-7-9-23-10-8-19)18-5-6-20(21(17-18)27(29)30)25-11-3-1-2-4-12-25/h5-10,17H,1-4,11-16H2. The molecule has 0 aliphatic carbocycles. The van der Waals surface area contributed by atoms with E-state index < -0.39 is 0 Å². The van der Waals surface area contributed by atoms with Crippen LogP contribution in [0.1, 0.15) is 36.0 Å². The predicted molar refractivity (Wildman–Crippen MR) is 116 cm³/mol. The topological polar surface area (TPSA) is 82.8 Å². The van der Waals surface area contributed by atoms with Crippen molar-refractivity contribution in [3.63, 3.8) is 0 Å². The van der Waals surface area contributed by atoms with Crippen LogP contribution in [0.25, 0.3) is 0 Å². The number of hydrogen-bond donors (Lipinski definition) is 0. The first kappa shape index (κ1) is 20.1. The number of nitro groups is 1. The number of hydrogen-bond acceptors (Lipinski definition) is 6. The molecule has 0 atom stereocenters. The maximum Gasteiger partial charge on any atom is 0.293 e. The van der Waals surface area contributed by atoms with Gasteiger partial charge >= 0.3 is 0 Å². The lowest BCUT2D eigenvalue weighted by atomic mass is 10.1. The third-order valence-electron chi connectivity index (χ3n) is 5.96. The highest BCUT2D eigenvalue weighted by atomic mass is 16.6. The minimum absolute atomic E-state index is 0.0261. The third-order valence-corrected chi connectivity index (χ3v) is 5.96. The number of amides is 1. The SMILES string of the molecule is O=C(c1ccc(N2CCCCCC2)c([N+](=O)[O-])c1)N1CCN(c2ccncc2)CC1. The molecule has 0 spiro atoms. The number of nitrogens with zero attached hydrogens (tertiary/aromatic N) is 5. The van der Waals surface area contributed by atoms with Gasteiger partial charge in [-0.2, -0.15) is 0 Å². The van der Waals surface area contributed by atoms with E-state index in [4.69, 9.17) is 0 Å². The van der Waals surface area contributed by atoms with Gasteiger partial charge in [-0.25, -0.2) is 0 Å². The molecule has 1 aromatic carbocycles. The van der Waals surface area contributed by atoms with E-state index in [-0.39, 0.29) is 16.5 Å². The fourth-order valence-corrected chi connectivity index (χ4v) is 4.29. The summed E-state index contributed by atoms with van der Waals surface area (Å²) in [5.74, 6) is -0.144. The number of carbonyl (C=O) groups excluding carboxylic acids is 1. The first-order valence-electron chi connectivity index (χ1n) is 10.6. The molecule has 1 aromatic heterocycles. The number of benzene rings is 1. The largest absolute Gasteiger partial charge is 0.368 e. The van der Waals surface area contributed by atoms with Crippen LogP contribution in [-0.2, 0) is 0 Å². The molecule has 2 fully saturated rings. The van der Waals surface area contributed by atoms with E-state index in [1.807, 2.05) is 12.1 Å². The average Bonchev–Trinajstić information content (AvgIpc) is 3.08. The van der Waals surface area contributed by atoms with E-state index in [0.717, 1.165) is 57.5 Å². The van der Waals surface area contributed by atoms with Crippen molar-refractivity contribution in [1.29, 1.82) is 0 Å². The molecule has 4 rings (SSSR count). The Balaban J connectivity index is 1.47. The van der Waals surface area contributed by atoms with Crippen molar-refractivity contribution < 1.29 is 9.72 Å². The first-order chi connectivity index (χ1) is 14.6. The van der Waals surface area contributed by atoms with Gasteiger partial charge in [0.15, 0.2) is 0 Å². The fraction of sp³-hybridized carbons (Fsp3) is 0.455. The lowest BCUT2D eigenvalue weighted by molar-refractivity contribution is -0.384. The summed E-state index contributed by atoms with van der Waals surface area (Å²) in [6, 6.07) is 8.87. The molecule has 8 heteroatoms. The van der Waals surface area contributed by atoms with Crippen LogP contribution in [0.3, 0.4) is 0 Å². The third kappa shape index (κ3) is 4.37. The van der Waals surface area contributed by atoms with Crippen molar-refractivity contribution in [2.75, 3.05) is 49.1 Å². The van der Waals surface area contributed by atoms with Crippen molar-refractivity contribution in [1.82, 2.24) is 9.88 Å². The summed E-state index contributed by atoms with van der Waals surface area (Å²) in [6.45, 7) is 4.27. The number of rotatable bonds is 4. The van der Waals surface area contributed by atoms with Crippen molar-refractivity contribution >= 4 is 23.0 Å². The number of carbonyl (C=O) groups is 1. The van der Waals surface area contributed by atoms with Crippen LogP contribution >= 0.6 is 0 Å². The summed E-state index contributed by atoms with van der Waals surface area (Å²) in [5, 5.41) is 11.7. The van der Waals surface area contributed by atoms with Gasteiger partial charge in [-0.1, -0.05) is 12.8 Å². The summed E-state index contributed by atoms with van der Waals surface area (Å²) in [6.07, 6.45) is 7.92. The van der Waals surface area contributed by atoms with Gasteiger partial charge in [-0.3, -0.25) is 19.9 Å². The van der Waals surface area contributed by atoms with E-state index >= 15 is 0 Å². The Morgan fingerprint density at radius 2 is 1.53 bits per heavy atom. The van der Waals surface area contributed by atoms with Gasteiger partial charge in [0.25, 0.3) is 11.6 Å². The lowest BCUT2D eigenvalue weighted by Crippen LogP contribution is -2.48. The Kier molecular flexibility index (Phi) is 6.11. The van der Waals surface area contributed by atoms with E-state index in [9.17, 15) is 14.9 Å². The van der Waals surface area contributed by atoms with Crippen LogP contribution in [0.2, 0.25) is 0 Å². The van der Waals surface area contributed by atoms with Crippen LogP contribution < -0.4 is 9.80 Å². The molecule has 0 unspecified atom stereocenters. The second-order valence-electron chi connectivity index (χ2n) is 7.85. The minimum Gasteiger partial charge on any atom is -0.368 e. The molecule has 0 saturated carbocycles. The van der Waals surface area contributed by atoms with Crippen LogP contribution in [-0.4, -0.2) is 60.0 Å². The van der Waals surface area contributed by atoms with Gasteiger partial charge in [-0.15, -0.1) is 0 Å². The van der Waals surface area contributed by atoms with E-state index in [1.54, 1.807) is 29.4 Å². The molecule has 0 N–H and O–H groups in total. The maximum absolute atomic E-state index is 13.0. The van der Waals surface area contributed by atoms with Gasteiger partial charge in [0, 0.05) is 69.0 Å². The Morgan fingerprint density at radius 1 is 0.867 bits per heavy atom. The Morgan fingerprint density at radius 3 is 2.17 bits per heavy atom. The number of piperazine rings is 1. The second-order valence-corrected chi connectivity index (χ2v) is 7.85. The van der Waals surface area contributed by atoms with E-state index in [1.165, 1.54) is 6.07 Å². The van der Waals surface area contributed by atoms with Gasteiger partial charge in [0.1, 0.15) is 5.69 Å². The van der Waals surface area contributed by atoms with Gasteiger partial charge < -0.3 is 14.7 Å². The highest BCUT2D eigenvalue weighted by Crippen LogP contribution is 2.31. The highest BCUT2D eigenvalue weighted by molar-refractivity contribution is 5.96. The molecule has 0 radical (unpaired) electrons. The molecule has 0 bridgehead atoms. The Hall–Kier alpha value is -3.16. The molecule has 2 aliphatic heterocycles. The normalized spacial score (nSPS) is 17.5. The number of pyridine rings is 1. The van der Waals surface area contributed by atoms with Crippen LogP contribution in [0.4, 0.5) is 17.1 Å². The Bertz CT molecular complexity index is 889. The number of anilines is 2. The smallest absolute Gasteiger partial charge is 0.293 e. The van der Waals surface area contributed by atoms with E-state index in [2.05, 4.69) is 14.8 Å². The zero-order valence-electron chi connectivity index (χ0n) is 17.1. The molecule has 158 valence electrons. The summed E-state index contributed by atoms with van der Waals surface area (Å²) in [5.41, 5.74) is 2.13.